The van der Waals surface area contributed by atoms with Gasteiger partial charge in [0.15, 0.2) is 0 Å². The number of fused-ring (bicyclic) bond motifs is 1. The fourth-order valence-electron chi connectivity index (χ4n) is 5.91. The highest BCUT2D eigenvalue weighted by molar-refractivity contribution is 5.64. The summed E-state index contributed by atoms with van der Waals surface area (Å²) >= 11 is 0. The lowest BCUT2D eigenvalue weighted by atomic mass is 9.59. The first kappa shape index (κ1) is 22.0. The first-order chi connectivity index (χ1) is 15.0. The van der Waals surface area contributed by atoms with Crippen LogP contribution in [0.25, 0.3) is 5.70 Å². The van der Waals surface area contributed by atoms with E-state index in [2.05, 4.69) is 81.6 Å². The zero-order valence-corrected chi connectivity index (χ0v) is 19.9. The molecule has 0 bridgehead atoms. The normalized spacial score (nSPS) is 20.0. The topological polar surface area (TPSA) is 12.5 Å². The van der Waals surface area contributed by atoms with Gasteiger partial charge in [0.1, 0.15) is 5.75 Å². The minimum Gasteiger partial charge on any atom is -0.491 e. The molecule has 2 heteroatoms. The largest absolute Gasteiger partial charge is 0.491 e. The Morgan fingerprint density at radius 3 is 2.45 bits per heavy atom. The van der Waals surface area contributed by atoms with Gasteiger partial charge < -0.3 is 9.64 Å². The summed E-state index contributed by atoms with van der Waals surface area (Å²) in [4.78, 5) is 2.52. The molecule has 0 saturated carbocycles. The van der Waals surface area contributed by atoms with Crippen molar-refractivity contribution in [1.29, 1.82) is 0 Å². The van der Waals surface area contributed by atoms with E-state index in [4.69, 9.17) is 4.74 Å². The van der Waals surface area contributed by atoms with Crippen LogP contribution >= 0.6 is 0 Å². The number of hydrogen-bond acceptors (Lipinski definition) is 2. The van der Waals surface area contributed by atoms with Crippen molar-refractivity contribution in [2.45, 2.75) is 72.3 Å². The maximum Gasteiger partial charge on any atom is 0.122 e. The Morgan fingerprint density at radius 1 is 1.10 bits per heavy atom. The Balaban J connectivity index is 1.48. The summed E-state index contributed by atoms with van der Waals surface area (Å²) in [6.45, 7) is 15.5. The Morgan fingerprint density at radius 2 is 1.81 bits per heavy atom. The van der Waals surface area contributed by atoms with E-state index in [1.54, 1.807) is 11.1 Å². The van der Waals surface area contributed by atoms with Gasteiger partial charge in [-0.2, -0.15) is 0 Å². The molecule has 1 heterocycles. The van der Waals surface area contributed by atoms with Crippen LogP contribution in [0.15, 0.2) is 49.0 Å². The molecular formula is C29H39NO. The van der Waals surface area contributed by atoms with E-state index in [0.29, 0.717) is 5.41 Å². The first-order valence-corrected chi connectivity index (χ1v) is 12.3. The van der Waals surface area contributed by atoms with Crippen molar-refractivity contribution in [3.63, 3.8) is 0 Å². The highest BCUT2D eigenvalue weighted by atomic mass is 16.5. The van der Waals surface area contributed by atoms with Crippen molar-refractivity contribution in [2.75, 3.05) is 13.1 Å². The van der Waals surface area contributed by atoms with Crippen LogP contribution in [0, 0.1) is 11.3 Å². The van der Waals surface area contributed by atoms with E-state index in [9.17, 15) is 0 Å². The Bertz CT molecular complexity index is 920. The maximum atomic E-state index is 6.00. The Hall–Kier alpha value is -2.22. The van der Waals surface area contributed by atoms with E-state index in [-0.39, 0.29) is 6.10 Å². The Kier molecular flexibility index (Phi) is 6.46. The minimum atomic E-state index is 0.199. The number of ether oxygens (including phenoxy) is 1. The molecule has 1 aliphatic carbocycles. The molecule has 0 radical (unpaired) electrons. The molecule has 2 aliphatic rings. The predicted octanol–water partition coefficient (Wildman–Crippen LogP) is 6.91. The molecule has 0 amide bonds. The van der Waals surface area contributed by atoms with Gasteiger partial charge in [0, 0.05) is 18.8 Å². The monoisotopic (exact) mass is 417 g/mol. The molecule has 2 nitrogen and oxygen atoms in total. The third kappa shape index (κ3) is 4.40. The van der Waals surface area contributed by atoms with E-state index in [1.165, 1.54) is 48.9 Å². The third-order valence-corrected chi connectivity index (χ3v) is 7.76. The third-order valence-electron chi connectivity index (χ3n) is 7.76. The van der Waals surface area contributed by atoms with Crippen LogP contribution in [0.4, 0.5) is 0 Å². The lowest BCUT2D eigenvalue weighted by Crippen LogP contribution is -2.46. The average molecular weight is 418 g/mol. The predicted molar refractivity (Wildman–Crippen MR) is 131 cm³/mol. The molecular weight excluding hydrogens is 378 g/mol. The second kappa shape index (κ2) is 9.10. The van der Waals surface area contributed by atoms with Crippen molar-refractivity contribution in [3.8, 4) is 5.75 Å². The van der Waals surface area contributed by atoms with Crippen LogP contribution in [-0.4, -0.2) is 24.1 Å². The summed E-state index contributed by atoms with van der Waals surface area (Å²) in [5.41, 5.74) is 7.32. The first-order valence-electron chi connectivity index (χ1n) is 12.3. The van der Waals surface area contributed by atoms with Crippen LogP contribution in [0.1, 0.15) is 69.2 Å². The number of likely N-dealkylation sites (tertiary alicyclic amines) is 1. The lowest BCUT2D eigenvalue weighted by molar-refractivity contribution is 0.0582. The molecule has 31 heavy (non-hydrogen) atoms. The molecule has 1 saturated heterocycles. The maximum absolute atomic E-state index is 6.00. The van der Waals surface area contributed by atoms with E-state index in [0.717, 1.165) is 31.2 Å². The van der Waals surface area contributed by atoms with Gasteiger partial charge in [0.25, 0.3) is 0 Å². The molecule has 1 spiro atoms. The van der Waals surface area contributed by atoms with Crippen molar-refractivity contribution < 1.29 is 4.74 Å². The summed E-state index contributed by atoms with van der Waals surface area (Å²) < 4.78 is 6.00. The summed E-state index contributed by atoms with van der Waals surface area (Å²) in [6.07, 6.45) is 7.51. The fourth-order valence-corrected chi connectivity index (χ4v) is 5.91. The standard InChI is InChI=1S/C29H39NO/c1-6-23-18-24(12-13-28(23)31-21(3)4)22(5)30-16-14-29(15-17-30)20-26-11-9-8-10-25(26)19-27(29)7-2/h8-13,18,21,27H,5-7,14-17,19-20H2,1-4H3. The van der Waals surface area contributed by atoms with Crippen LogP contribution in [0.5, 0.6) is 5.75 Å². The quantitative estimate of drug-likeness (QED) is 0.506. The van der Waals surface area contributed by atoms with Gasteiger partial charge >= 0.3 is 0 Å². The van der Waals surface area contributed by atoms with Crippen molar-refractivity contribution in [2.24, 2.45) is 11.3 Å². The van der Waals surface area contributed by atoms with Crippen molar-refractivity contribution >= 4 is 5.70 Å². The number of aryl methyl sites for hydroxylation is 1. The smallest absolute Gasteiger partial charge is 0.122 e. The SMILES string of the molecule is C=C(c1ccc(OC(C)C)c(CC)c1)N1CCC2(CC1)Cc1ccccc1CC2CC. The second-order valence-corrected chi connectivity index (χ2v) is 9.89. The van der Waals surface area contributed by atoms with E-state index < -0.39 is 0 Å². The molecule has 1 unspecified atom stereocenters. The second-order valence-electron chi connectivity index (χ2n) is 9.89. The average Bonchev–Trinajstić information content (AvgIpc) is 2.78. The summed E-state index contributed by atoms with van der Waals surface area (Å²) in [6, 6.07) is 15.7. The van der Waals surface area contributed by atoms with E-state index >= 15 is 0 Å². The molecule has 2 aromatic carbocycles. The molecule has 0 aromatic heterocycles. The number of benzene rings is 2. The van der Waals surface area contributed by atoms with Crippen LogP contribution < -0.4 is 4.74 Å². The van der Waals surface area contributed by atoms with Gasteiger partial charge in [0.05, 0.1) is 6.10 Å². The molecule has 2 aromatic rings. The van der Waals surface area contributed by atoms with Gasteiger partial charge in [-0.25, -0.2) is 0 Å². The molecule has 1 aliphatic heterocycles. The van der Waals surface area contributed by atoms with Gasteiger partial charge in [-0.05, 0) is 97.7 Å². The number of nitrogens with zero attached hydrogens (tertiary/aromatic N) is 1. The molecule has 1 fully saturated rings. The van der Waals surface area contributed by atoms with Gasteiger partial charge in [-0.15, -0.1) is 0 Å². The Labute approximate surface area is 189 Å². The highest BCUT2D eigenvalue weighted by Crippen LogP contribution is 2.49. The number of piperidine rings is 1. The fraction of sp³-hybridized carbons (Fsp3) is 0.517. The van der Waals surface area contributed by atoms with Crippen LogP contribution in [0.2, 0.25) is 0 Å². The van der Waals surface area contributed by atoms with Crippen LogP contribution in [0.3, 0.4) is 0 Å². The van der Waals surface area contributed by atoms with Crippen molar-refractivity contribution in [3.05, 3.63) is 71.3 Å². The molecule has 0 N–H and O–H groups in total. The number of rotatable bonds is 6. The summed E-state index contributed by atoms with van der Waals surface area (Å²) in [5.74, 6) is 1.82. The van der Waals surface area contributed by atoms with Gasteiger partial charge in [-0.1, -0.05) is 51.1 Å². The zero-order valence-electron chi connectivity index (χ0n) is 19.9. The van der Waals surface area contributed by atoms with Crippen molar-refractivity contribution in [1.82, 2.24) is 4.90 Å². The van der Waals surface area contributed by atoms with E-state index in [1.807, 2.05) is 0 Å². The highest BCUT2D eigenvalue weighted by Gasteiger charge is 2.43. The lowest BCUT2D eigenvalue weighted by Gasteiger charge is -2.50. The zero-order chi connectivity index (χ0) is 22.0. The molecule has 4 rings (SSSR count). The van der Waals surface area contributed by atoms with Crippen LogP contribution in [-0.2, 0) is 19.3 Å². The summed E-state index contributed by atoms with van der Waals surface area (Å²) in [7, 11) is 0. The number of hydrogen-bond donors (Lipinski definition) is 0. The van der Waals surface area contributed by atoms with Gasteiger partial charge in [0.2, 0.25) is 0 Å². The summed E-state index contributed by atoms with van der Waals surface area (Å²) in [5, 5.41) is 0. The molecule has 1 atom stereocenters. The van der Waals surface area contributed by atoms with Gasteiger partial charge in [-0.3, -0.25) is 0 Å². The minimum absolute atomic E-state index is 0.199. The molecule has 166 valence electrons.